The molecule has 0 amide bonds. The molecule has 2 N–H and O–H groups in total. The summed E-state index contributed by atoms with van der Waals surface area (Å²) < 4.78 is 31.6. The van der Waals surface area contributed by atoms with Gasteiger partial charge in [-0.05, 0) is 43.3 Å². The van der Waals surface area contributed by atoms with Crippen molar-refractivity contribution in [3.05, 3.63) is 46.4 Å². The first-order valence-electron chi connectivity index (χ1n) is 8.38. The lowest BCUT2D eigenvalue weighted by molar-refractivity contribution is 0.333. The number of nitrogens with one attached hydrogen (secondary N) is 2. The Kier molecular flexibility index (Phi) is 7.61. The number of sulfonamides is 1. The first-order chi connectivity index (χ1) is 12.8. The monoisotopic (exact) mass is 431 g/mol. The molecule has 0 aliphatic rings. The first kappa shape index (κ1) is 21.6. The summed E-state index contributed by atoms with van der Waals surface area (Å²) in [6.07, 6.45) is 0. The van der Waals surface area contributed by atoms with Crippen LogP contribution in [0.1, 0.15) is 6.92 Å². The number of ether oxygens (including phenoxy) is 1. The number of benzene rings is 2. The topological polar surface area (TPSA) is 70.7 Å². The predicted octanol–water partition coefficient (Wildman–Crippen LogP) is 4.17. The van der Waals surface area contributed by atoms with Gasteiger partial charge in [0.15, 0.2) is 0 Å². The Hall–Kier alpha value is -1.67. The van der Waals surface area contributed by atoms with Crippen LogP contribution >= 0.6 is 23.2 Å². The Bertz CT molecular complexity index is 889. The lowest BCUT2D eigenvalue weighted by Crippen LogP contribution is -2.22. The molecule has 0 aromatic heterocycles. The average Bonchev–Trinajstić information content (AvgIpc) is 2.61. The molecule has 6 nitrogen and oxygen atoms in total. The second kappa shape index (κ2) is 9.50. The average molecular weight is 432 g/mol. The number of nitrogens with zero attached hydrogens (tertiary/aromatic N) is 1. The molecule has 0 fully saturated rings. The fourth-order valence-electron chi connectivity index (χ4n) is 2.32. The van der Waals surface area contributed by atoms with E-state index in [4.69, 9.17) is 27.9 Å². The van der Waals surface area contributed by atoms with Gasteiger partial charge >= 0.3 is 0 Å². The van der Waals surface area contributed by atoms with Crippen LogP contribution in [0.15, 0.2) is 41.3 Å². The summed E-state index contributed by atoms with van der Waals surface area (Å²) in [6, 6.07) is 9.98. The SMILES string of the molecule is CCNc1ccc(S(=O)(=O)N(C)C)cc1NCCOc1ccc(Cl)cc1Cl. The van der Waals surface area contributed by atoms with E-state index >= 15 is 0 Å². The van der Waals surface area contributed by atoms with Crippen LogP contribution < -0.4 is 15.4 Å². The van der Waals surface area contributed by atoms with E-state index < -0.39 is 10.0 Å². The van der Waals surface area contributed by atoms with Crippen molar-refractivity contribution in [2.45, 2.75) is 11.8 Å². The summed E-state index contributed by atoms with van der Waals surface area (Å²) in [6.45, 7) is 3.49. The highest BCUT2D eigenvalue weighted by atomic mass is 35.5. The van der Waals surface area contributed by atoms with Crippen molar-refractivity contribution in [2.24, 2.45) is 0 Å². The molecule has 0 spiro atoms. The molecule has 2 aromatic rings. The zero-order valence-corrected chi connectivity index (χ0v) is 17.7. The molecule has 2 aromatic carbocycles. The highest BCUT2D eigenvalue weighted by molar-refractivity contribution is 7.89. The number of rotatable bonds is 9. The van der Waals surface area contributed by atoms with Crippen molar-refractivity contribution in [1.29, 1.82) is 0 Å². The summed E-state index contributed by atoms with van der Waals surface area (Å²) >= 11 is 11.9. The minimum Gasteiger partial charge on any atom is -0.490 e. The van der Waals surface area contributed by atoms with Crippen molar-refractivity contribution in [3.8, 4) is 5.75 Å². The van der Waals surface area contributed by atoms with Gasteiger partial charge in [0.25, 0.3) is 0 Å². The molecule has 0 radical (unpaired) electrons. The molecule has 0 aliphatic carbocycles. The van der Waals surface area contributed by atoms with Crippen LogP contribution in [-0.2, 0) is 10.0 Å². The Morgan fingerprint density at radius 2 is 1.78 bits per heavy atom. The molecule has 0 atom stereocenters. The summed E-state index contributed by atoms with van der Waals surface area (Å²) in [7, 11) is -0.501. The first-order valence-corrected chi connectivity index (χ1v) is 10.6. The van der Waals surface area contributed by atoms with Crippen LogP contribution in [0.4, 0.5) is 11.4 Å². The quantitative estimate of drug-likeness (QED) is 0.583. The number of hydrogen-bond donors (Lipinski definition) is 2. The molecule has 27 heavy (non-hydrogen) atoms. The van der Waals surface area contributed by atoms with Crippen LogP contribution in [-0.4, -0.2) is 46.5 Å². The maximum absolute atomic E-state index is 12.4. The Morgan fingerprint density at radius 1 is 1.04 bits per heavy atom. The third kappa shape index (κ3) is 5.65. The Morgan fingerprint density at radius 3 is 2.41 bits per heavy atom. The van der Waals surface area contributed by atoms with Crippen molar-refractivity contribution in [2.75, 3.05) is 44.4 Å². The molecule has 148 valence electrons. The molecule has 0 bridgehead atoms. The zero-order chi connectivity index (χ0) is 20.0. The van der Waals surface area contributed by atoms with Gasteiger partial charge in [-0.25, -0.2) is 12.7 Å². The van der Waals surface area contributed by atoms with Crippen molar-refractivity contribution >= 4 is 44.6 Å². The van der Waals surface area contributed by atoms with Gasteiger partial charge < -0.3 is 15.4 Å². The van der Waals surface area contributed by atoms with Crippen molar-refractivity contribution in [3.63, 3.8) is 0 Å². The molecule has 9 heteroatoms. The van der Waals surface area contributed by atoms with Gasteiger partial charge in [0.2, 0.25) is 10.0 Å². The van der Waals surface area contributed by atoms with E-state index in [1.54, 1.807) is 36.4 Å². The fourth-order valence-corrected chi connectivity index (χ4v) is 3.72. The molecule has 0 saturated heterocycles. The van der Waals surface area contributed by atoms with Crippen molar-refractivity contribution in [1.82, 2.24) is 4.31 Å². The van der Waals surface area contributed by atoms with E-state index in [1.807, 2.05) is 6.92 Å². The van der Waals surface area contributed by atoms with E-state index in [-0.39, 0.29) is 4.90 Å². The van der Waals surface area contributed by atoms with Gasteiger partial charge in [-0.2, -0.15) is 0 Å². The van der Waals surface area contributed by atoms with Gasteiger partial charge in [-0.1, -0.05) is 23.2 Å². The minimum atomic E-state index is -3.51. The second-order valence-corrected chi connectivity index (χ2v) is 8.87. The lowest BCUT2D eigenvalue weighted by atomic mass is 10.2. The summed E-state index contributed by atoms with van der Waals surface area (Å²) in [5, 5.41) is 7.40. The third-order valence-electron chi connectivity index (χ3n) is 3.71. The lowest BCUT2D eigenvalue weighted by Gasteiger charge is -2.17. The molecule has 2 rings (SSSR count). The minimum absolute atomic E-state index is 0.221. The van der Waals surface area contributed by atoms with E-state index in [0.717, 1.165) is 5.69 Å². The normalized spacial score (nSPS) is 11.5. The van der Waals surface area contributed by atoms with E-state index in [2.05, 4.69) is 10.6 Å². The van der Waals surface area contributed by atoms with Gasteiger partial charge in [0, 0.05) is 32.2 Å². The Balaban J connectivity index is 2.09. The van der Waals surface area contributed by atoms with Crippen LogP contribution in [0, 0.1) is 0 Å². The number of hydrogen-bond acceptors (Lipinski definition) is 5. The standard InChI is InChI=1S/C18H23Cl2N3O3S/c1-4-21-16-7-6-14(27(24,25)23(2)3)12-17(16)22-9-10-26-18-8-5-13(19)11-15(18)20/h5-8,11-12,21-22H,4,9-10H2,1-3H3. The molecule has 0 saturated carbocycles. The second-order valence-electron chi connectivity index (χ2n) is 5.88. The molecule has 0 unspecified atom stereocenters. The highest BCUT2D eigenvalue weighted by Gasteiger charge is 2.18. The summed E-state index contributed by atoms with van der Waals surface area (Å²) in [4.78, 5) is 0.221. The summed E-state index contributed by atoms with van der Waals surface area (Å²) in [5.74, 6) is 0.540. The van der Waals surface area contributed by atoms with Gasteiger partial charge in [-0.3, -0.25) is 0 Å². The van der Waals surface area contributed by atoms with Crippen LogP contribution in [0.3, 0.4) is 0 Å². The highest BCUT2D eigenvalue weighted by Crippen LogP contribution is 2.28. The third-order valence-corrected chi connectivity index (χ3v) is 6.05. The van der Waals surface area contributed by atoms with Gasteiger partial charge in [-0.15, -0.1) is 0 Å². The maximum Gasteiger partial charge on any atom is 0.242 e. The molecular weight excluding hydrogens is 409 g/mol. The van der Waals surface area contributed by atoms with Gasteiger partial charge in [0.05, 0.1) is 21.3 Å². The molecule has 0 heterocycles. The molecular formula is C18H23Cl2N3O3S. The summed E-state index contributed by atoms with van der Waals surface area (Å²) in [5.41, 5.74) is 1.50. The smallest absolute Gasteiger partial charge is 0.242 e. The largest absolute Gasteiger partial charge is 0.490 e. The fraction of sp³-hybridized carbons (Fsp3) is 0.333. The zero-order valence-electron chi connectivity index (χ0n) is 15.4. The van der Waals surface area contributed by atoms with E-state index in [0.29, 0.717) is 41.2 Å². The Labute approximate surface area is 170 Å². The van der Waals surface area contributed by atoms with Crippen LogP contribution in [0.2, 0.25) is 10.0 Å². The van der Waals surface area contributed by atoms with Crippen LogP contribution in [0.5, 0.6) is 5.75 Å². The van der Waals surface area contributed by atoms with E-state index in [9.17, 15) is 8.42 Å². The number of halogens is 2. The number of anilines is 2. The van der Waals surface area contributed by atoms with Crippen molar-refractivity contribution < 1.29 is 13.2 Å². The van der Waals surface area contributed by atoms with Crippen LogP contribution in [0.25, 0.3) is 0 Å². The molecule has 0 aliphatic heterocycles. The predicted molar refractivity (Wildman–Crippen MR) is 112 cm³/mol. The van der Waals surface area contributed by atoms with E-state index in [1.165, 1.54) is 18.4 Å². The maximum atomic E-state index is 12.4. The van der Waals surface area contributed by atoms with Gasteiger partial charge in [0.1, 0.15) is 12.4 Å².